The van der Waals surface area contributed by atoms with Gasteiger partial charge in [-0.15, -0.1) is 0 Å². The molecule has 2 aromatic rings. The Labute approximate surface area is 196 Å². The molecule has 0 bridgehead atoms. The number of hydrogen-bond donors (Lipinski definition) is 0. The second kappa shape index (κ2) is 10.0. The molecule has 34 heavy (non-hydrogen) atoms. The highest BCUT2D eigenvalue weighted by Gasteiger charge is 2.51. The molecule has 182 valence electrons. The van der Waals surface area contributed by atoms with Crippen molar-refractivity contribution in [2.24, 2.45) is 5.92 Å². The van der Waals surface area contributed by atoms with Gasteiger partial charge in [-0.05, 0) is 49.3 Å². The van der Waals surface area contributed by atoms with Gasteiger partial charge in [0.05, 0.1) is 12.7 Å². The number of rotatable bonds is 7. The molecule has 4 rings (SSSR count). The summed E-state index contributed by atoms with van der Waals surface area (Å²) in [4.78, 5) is 31.2. The van der Waals surface area contributed by atoms with Crippen LogP contribution in [-0.2, 0) is 9.53 Å². The lowest BCUT2D eigenvalue weighted by molar-refractivity contribution is -0.186. The number of ether oxygens (including phenoxy) is 1. The van der Waals surface area contributed by atoms with E-state index in [9.17, 15) is 22.8 Å². The fraction of sp³-hybridized carbons (Fsp3) is 0.480. The van der Waals surface area contributed by atoms with Crippen molar-refractivity contribution in [1.82, 2.24) is 9.88 Å². The summed E-state index contributed by atoms with van der Waals surface area (Å²) >= 11 is 0. The number of hydrogen-bond acceptors (Lipinski definition) is 5. The van der Waals surface area contributed by atoms with E-state index in [4.69, 9.17) is 0 Å². The number of carbonyl (C=O) groups is 2. The van der Waals surface area contributed by atoms with Gasteiger partial charge in [-0.25, -0.2) is 9.78 Å². The molecule has 1 aliphatic carbocycles. The number of nitrogens with zero attached hydrogens (tertiary/aromatic N) is 3. The van der Waals surface area contributed by atoms with E-state index in [2.05, 4.69) is 14.6 Å². The summed E-state index contributed by atoms with van der Waals surface area (Å²) in [6, 6.07) is 12.5. The first-order chi connectivity index (χ1) is 16.3. The largest absolute Gasteiger partial charge is 0.471 e. The molecule has 1 saturated heterocycles. The molecule has 1 amide bonds. The van der Waals surface area contributed by atoms with Gasteiger partial charge < -0.3 is 14.5 Å². The highest BCUT2D eigenvalue weighted by atomic mass is 19.4. The Morgan fingerprint density at radius 1 is 1.12 bits per heavy atom. The third-order valence-electron chi connectivity index (χ3n) is 6.77. The zero-order valence-electron chi connectivity index (χ0n) is 19.0. The molecule has 2 atom stereocenters. The molecule has 1 saturated carbocycles. The number of anilines is 1. The topological polar surface area (TPSA) is 62.7 Å². The summed E-state index contributed by atoms with van der Waals surface area (Å²) < 4.78 is 44.5. The summed E-state index contributed by atoms with van der Waals surface area (Å²) in [5.74, 6) is -1.22. The van der Waals surface area contributed by atoms with Gasteiger partial charge >= 0.3 is 18.1 Å². The van der Waals surface area contributed by atoms with Gasteiger partial charge in [-0.2, -0.15) is 13.2 Å². The summed E-state index contributed by atoms with van der Waals surface area (Å²) in [5, 5.41) is 0. The lowest BCUT2D eigenvalue weighted by atomic mass is 9.93. The van der Waals surface area contributed by atoms with Crippen LogP contribution in [0.5, 0.6) is 0 Å². The van der Waals surface area contributed by atoms with E-state index in [-0.39, 0.29) is 18.4 Å². The number of esters is 1. The van der Waals surface area contributed by atoms with E-state index >= 15 is 0 Å². The summed E-state index contributed by atoms with van der Waals surface area (Å²) in [5.41, 5.74) is 1.36. The molecular formula is C25H28F3N3O3. The minimum absolute atomic E-state index is 0.0339. The van der Waals surface area contributed by atoms with Gasteiger partial charge in [0.25, 0.3) is 0 Å². The third-order valence-corrected chi connectivity index (χ3v) is 6.77. The van der Waals surface area contributed by atoms with Crippen molar-refractivity contribution < 1.29 is 27.5 Å². The van der Waals surface area contributed by atoms with Crippen molar-refractivity contribution in [3.05, 3.63) is 59.8 Å². The van der Waals surface area contributed by atoms with Gasteiger partial charge in [0.1, 0.15) is 5.82 Å². The molecule has 9 heteroatoms. The first kappa shape index (κ1) is 24.0. The maximum atomic E-state index is 13.3. The predicted octanol–water partition coefficient (Wildman–Crippen LogP) is 4.42. The standard InChI is InChI=1S/C25H28F3N3O3/c1-34-23(32)19-7-8-22(29-16-19)30-12-9-17(10-13-30)11-14-31(24(33)25(26,27)28)21-15-20(21)18-5-3-2-4-6-18/h2-8,16-17,20-21H,9-15H2,1H3. The van der Waals surface area contributed by atoms with Crippen LogP contribution in [0, 0.1) is 5.92 Å². The van der Waals surface area contributed by atoms with Gasteiger partial charge in [0, 0.05) is 37.8 Å². The number of carbonyl (C=O) groups excluding carboxylic acids is 2. The average Bonchev–Trinajstić information content (AvgIpc) is 3.65. The zero-order chi connectivity index (χ0) is 24.3. The number of benzene rings is 1. The maximum absolute atomic E-state index is 13.3. The number of pyridine rings is 1. The molecule has 0 radical (unpaired) electrons. The second-order valence-electron chi connectivity index (χ2n) is 8.93. The first-order valence-corrected chi connectivity index (χ1v) is 11.5. The van der Waals surface area contributed by atoms with Crippen molar-refractivity contribution >= 4 is 17.7 Å². The highest BCUT2D eigenvalue weighted by molar-refractivity contribution is 5.89. The summed E-state index contributed by atoms with van der Waals surface area (Å²) in [6.45, 7) is 1.56. The van der Waals surface area contributed by atoms with Crippen LogP contribution in [0.25, 0.3) is 0 Å². The van der Waals surface area contributed by atoms with Crippen molar-refractivity contribution in [2.75, 3.05) is 31.6 Å². The number of amides is 1. The lowest BCUT2D eigenvalue weighted by Gasteiger charge is -2.34. The SMILES string of the molecule is COC(=O)c1ccc(N2CCC(CCN(C(=O)C(F)(F)F)C3CC3c3ccccc3)CC2)nc1. The monoisotopic (exact) mass is 475 g/mol. The summed E-state index contributed by atoms with van der Waals surface area (Å²) in [7, 11) is 1.31. The quantitative estimate of drug-likeness (QED) is 0.555. The van der Waals surface area contributed by atoms with Gasteiger partial charge in [0.2, 0.25) is 0 Å². The number of methoxy groups -OCH3 is 1. The Kier molecular flexibility index (Phi) is 7.09. The minimum Gasteiger partial charge on any atom is -0.465 e. The van der Waals surface area contributed by atoms with Crippen LogP contribution in [0.3, 0.4) is 0 Å². The number of piperidine rings is 1. The van der Waals surface area contributed by atoms with Gasteiger partial charge in [0.15, 0.2) is 0 Å². The van der Waals surface area contributed by atoms with E-state index in [0.717, 1.165) is 42.2 Å². The normalized spacial score (nSPS) is 20.6. The molecule has 2 aliphatic rings. The fourth-order valence-electron chi connectivity index (χ4n) is 4.75. The van der Waals surface area contributed by atoms with Crippen LogP contribution in [0.2, 0.25) is 0 Å². The Hall–Kier alpha value is -3.10. The minimum atomic E-state index is -4.87. The Morgan fingerprint density at radius 3 is 2.41 bits per heavy atom. The maximum Gasteiger partial charge on any atom is 0.471 e. The Morgan fingerprint density at radius 2 is 1.82 bits per heavy atom. The van der Waals surface area contributed by atoms with E-state index in [0.29, 0.717) is 18.4 Å². The average molecular weight is 476 g/mol. The van der Waals surface area contributed by atoms with Gasteiger partial charge in [-0.1, -0.05) is 30.3 Å². The van der Waals surface area contributed by atoms with Crippen LogP contribution in [-0.4, -0.2) is 60.7 Å². The molecule has 1 aromatic heterocycles. The molecule has 2 fully saturated rings. The van der Waals surface area contributed by atoms with E-state index < -0.39 is 24.1 Å². The lowest BCUT2D eigenvalue weighted by Crippen LogP contribution is -2.44. The van der Waals surface area contributed by atoms with Gasteiger partial charge in [-0.3, -0.25) is 4.79 Å². The predicted molar refractivity (Wildman–Crippen MR) is 120 cm³/mol. The molecule has 2 unspecified atom stereocenters. The van der Waals surface area contributed by atoms with Crippen molar-refractivity contribution in [2.45, 2.75) is 43.8 Å². The smallest absolute Gasteiger partial charge is 0.465 e. The van der Waals surface area contributed by atoms with E-state index in [1.165, 1.54) is 13.3 Å². The number of aromatic nitrogens is 1. The van der Waals surface area contributed by atoms with Crippen LogP contribution in [0.1, 0.15) is 47.5 Å². The van der Waals surface area contributed by atoms with Crippen molar-refractivity contribution in [1.29, 1.82) is 0 Å². The molecule has 0 spiro atoms. The van der Waals surface area contributed by atoms with Crippen LogP contribution in [0.15, 0.2) is 48.7 Å². The summed E-state index contributed by atoms with van der Waals surface area (Å²) in [6.07, 6.45) is -0.662. The number of alkyl halides is 3. The molecule has 1 aromatic carbocycles. The molecule has 2 heterocycles. The molecule has 6 nitrogen and oxygen atoms in total. The number of halogens is 3. The molecule has 0 N–H and O–H groups in total. The van der Waals surface area contributed by atoms with Crippen molar-refractivity contribution in [3.8, 4) is 0 Å². The fourth-order valence-corrected chi connectivity index (χ4v) is 4.75. The van der Waals surface area contributed by atoms with Crippen LogP contribution >= 0.6 is 0 Å². The van der Waals surface area contributed by atoms with Crippen LogP contribution < -0.4 is 4.90 Å². The molecular weight excluding hydrogens is 447 g/mol. The Balaban J connectivity index is 1.32. The van der Waals surface area contributed by atoms with E-state index in [1.807, 2.05) is 30.3 Å². The second-order valence-corrected chi connectivity index (χ2v) is 8.93. The van der Waals surface area contributed by atoms with Crippen molar-refractivity contribution in [3.63, 3.8) is 0 Å². The molecule has 1 aliphatic heterocycles. The van der Waals surface area contributed by atoms with E-state index in [1.54, 1.807) is 12.1 Å². The third kappa shape index (κ3) is 5.51. The highest BCUT2D eigenvalue weighted by Crippen LogP contribution is 2.46. The first-order valence-electron chi connectivity index (χ1n) is 11.5. The zero-order valence-corrected chi connectivity index (χ0v) is 19.0. The Bertz CT molecular complexity index is 990. The van der Waals surface area contributed by atoms with Crippen LogP contribution in [0.4, 0.5) is 19.0 Å².